The summed E-state index contributed by atoms with van der Waals surface area (Å²) >= 11 is 3.06. The first-order valence-corrected chi connectivity index (χ1v) is 6.37. The van der Waals surface area contributed by atoms with Crippen molar-refractivity contribution in [1.29, 1.82) is 0 Å². The Balaban J connectivity index is 2.03. The molecule has 1 unspecified atom stereocenters. The average Bonchev–Trinajstić information content (AvgIpc) is 2.34. The van der Waals surface area contributed by atoms with E-state index < -0.39 is 5.82 Å². The summed E-state index contributed by atoms with van der Waals surface area (Å²) in [4.78, 5) is 11.9. The monoisotopic (exact) mass is 297 g/mol. The number of amides is 1. The molecule has 0 aliphatic heterocycles. The third-order valence-electron chi connectivity index (χ3n) is 2.79. The van der Waals surface area contributed by atoms with Gasteiger partial charge in [-0.1, -0.05) is 12.2 Å². The molecule has 2 rings (SSSR count). The number of hydrogen-bond acceptors (Lipinski definition) is 1. The number of hydrogen-bond donors (Lipinski definition) is 1. The van der Waals surface area contributed by atoms with Gasteiger partial charge in [-0.3, -0.25) is 4.79 Å². The highest BCUT2D eigenvalue weighted by Gasteiger charge is 2.15. The summed E-state index contributed by atoms with van der Waals surface area (Å²) in [5, 5.41) is 2.91. The topological polar surface area (TPSA) is 29.1 Å². The maximum absolute atomic E-state index is 13.3. The second kappa shape index (κ2) is 5.45. The summed E-state index contributed by atoms with van der Waals surface area (Å²) in [6.45, 7) is 0. The van der Waals surface area contributed by atoms with Crippen LogP contribution in [-0.4, -0.2) is 11.9 Å². The standard InChI is InChI=1S/C13H13BrFNO/c14-11-7-6-9(8-12(11)15)13(17)16-10-4-2-1-3-5-10/h1-2,6-8,10H,3-5H2,(H,16,17). The Morgan fingerprint density at radius 1 is 1.41 bits per heavy atom. The van der Waals surface area contributed by atoms with Crippen LogP contribution in [0.2, 0.25) is 0 Å². The molecule has 1 aliphatic rings. The third-order valence-corrected chi connectivity index (χ3v) is 3.43. The predicted molar refractivity (Wildman–Crippen MR) is 68.3 cm³/mol. The zero-order chi connectivity index (χ0) is 12.3. The van der Waals surface area contributed by atoms with Crippen LogP contribution in [0, 0.1) is 5.82 Å². The molecule has 0 saturated carbocycles. The number of allylic oxidation sites excluding steroid dienone is 1. The Hall–Kier alpha value is -1.16. The molecule has 0 spiro atoms. The van der Waals surface area contributed by atoms with Crippen LogP contribution in [0.5, 0.6) is 0 Å². The molecule has 0 radical (unpaired) electrons. The molecule has 0 saturated heterocycles. The SMILES string of the molecule is O=C(NC1CC=CCC1)c1ccc(Br)c(F)c1. The van der Waals surface area contributed by atoms with Crippen molar-refractivity contribution in [2.24, 2.45) is 0 Å². The van der Waals surface area contributed by atoms with E-state index >= 15 is 0 Å². The van der Waals surface area contributed by atoms with Gasteiger partial charge < -0.3 is 5.32 Å². The minimum absolute atomic E-state index is 0.166. The van der Waals surface area contributed by atoms with Crippen molar-refractivity contribution in [1.82, 2.24) is 5.32 Å². The molecule has 17 heavy (non-hydrogen) atoms. The molecule has 0 fully saturated rings. The smallest absolute Gasteiger partial charge is 0.251 e. The fourth-order valence-electron chi connectivity index (χ4n) is 1.83. The second-order valence-corrected chi connectivity index (χ2v) is 4.94. The van der Waals surface area contributed by atoms with Gasteiger partial charge in [0.1, 0.15) is 5.82 Å². The highest BCUT2D eigenvalue weighted by molar-refractivity contribution is 9.10. The molecule has 2 nitrogen and oxygen atoms in total. The molecule has 1 atom stereocenters. The highest BCUT2D eigenvalue weighted by atomic mass is 79.9. The molecular weight excluding hydrogens is 285 g/mol. The molecule has 1 amide bonds. The van der Waals surface area contributed by atoms with Crippen LogP contribution in [0.1, 0.15) is 29.6 Å². The lowest BCUT2D eigenvalue weighted by atomic mass is 10.0. The van der Waals surface area contributed by atoms with Gasteiger partial charge >= 0.3 is 0 Å². The maximum Gasteiger partial charge on any atom is 0.251 e. The number of rotatable bonds is 2. The Morgan fingerprint density at radius 3 is 2.88 bits per heavy atom. The highest BCUT2D eigenvalue weighted by Crippen LogP contribution is 2.17. The van der Waals surface area contributed by atoms with Crippen molar-refractivity contribution in [3.8, 4) is 0 Å². The van der Waals surface area contributed by atoms with Crippen molar-refractivity contribution < 1.29 is 9.18 Å². The second-order valence-electron chi connectivity index (χ2n) is 4.08. The molecule has 1 N–H and O–H groups in total. The molecule has 1 aromatic carbocycles. The summed E-state index contributed by atoms with van der Waals surface area (Å²) in [5.41, 5.74) is 0.361. The number of carbonyl (C=O) groups excluding carboxylic acids is 1. The summed E-state index contributed by atoms with van der Waals surface area (Å²) in [6.07, 6.45) is 6.96. The Bertz CT molecular complexity index is 459. The summed E-state index contributed by atoms with van der Waals surface area (Å²) < 4.78 is 13.7. The summed E-state index contributed by atoms with van der Waals surface area (Å²) in [6, 6.07) is 4.57. The van der Waals surface area contributed by atoms with Crippen LogP contribution in [0.4, 0.5) is 4.39 Å². The number of nitrogens with one attached hydrogen (secondary N) is 1. The van der Waals surface area contributed by atoms with Gasteiger partial charge in [-0.15, -0.1) is 0 Å². The lowest BCUT2D eigenvalue weighted by Crippen LogP contribution is -2.35. The average molecular weight is 298 g/mol. The van der Waals surface area contributed by atoms with Crippen molar-refractivity contribution in [3.63, 3.8) is 0 Å². The molecule has 4 heteroatoms. The van der Waals surface area contributed by atoms with Crippen molar-refractivity contribution in [2.75, 3.05) is 0 Å². The molecule has 0 aromatic heterocycles. The number of carbonyl (C=O) groups is 1. The molecule has 1 aliphatic carbocycles. The Kier molecular flexibility index (Phi) is 3.94. The quantitative estimate of drug-likeness (QED) is 0.833. The zero-order valence-electron chi connectivity index (χ0n) is 9.25. The van der Waals surface area contributed by atoms with Gasteiger partial charge in [0.05, 0.1) is 4.47 Å². The van der Waals surface area contributed by atoms with Crippen LogP contribution >= 0.6 is 15.9 Å². The lowest BCUT2D eigenvalue weighted by Gasteiger charge is -2.19. The first kappa shape index (κ1) is 12.3. The Labute approximate surface area is 108 Å². The van der Waals surface area contributed by atoms with Gasteiger partial charge in [0.25, 0.3) is 5.91 Å². The van der Waals surface area contributed by atoms with Crippen molar-refractivity contribution in [2.45, 2.75) is 25.3 Å². The van der Waals surface area contributed by atoms with E-state index in [9.17, 15) is 9.18 Å². The van der Waals surface area contributed by atoms with Gasteiger partial charge in [-0.05, 0) is 53.4 Å². The van der Waals surface area contributed by atoms with Crippen LogP contribution in [-0.2, 0) is 0 Å². The lowest BCUT2D eigenvalue weighted by molar-refractivity contribution is 0.0934. The van der Waals surface area contributed by atoms with E-state index in [0.29, 0.717) is 10.0 Å². The van der Waals surface area contributed by atoms with E-state index in [-0.39, 0.29) is 11.9 Å². The maximum atomic E-state index is 13.3. The minimum Gasteiger partial charge on any atom is -0.349 e. The van der Waals surface area contributed by atoms with Gasteiger partial charge in [0, 0.05) is 11.6 Å². The van der Waals surface area contributed by atoms with E-state index in [1.165, 1.54) is 6.07 Å². The normalized spacial score (nSPS) is 19.1. The van der Waals surface area contributed by atoms with Crippen LogP contribution in [0.15, 0.2) is 34.8 Å². The van der Waals surface area contributed by atoms with Crippen LogP contribution < -0.4 is 5.32 Å². The summed E-state index contributed by atoms with van der Waals surface area (Å²) in [7, 11) is 0. The van der Waals surface area contributed by atoms with Crippen molar-refractivity contribution >= 4 is 21.8 Å². The van der Waals surface area contributed by atoms with Crippen LogP contribution in [0.3, 0.4) is 0 Å². The van der Waals surface area contributed by atoms with Gasteiger partial charge in [-0.2, -0.15) is 0 Å². The van der Waals surface area contributed by atoms with Crippen LogP contribution in [0.25, 0.3) is 0 Å². The largest absolute Gasteiger partial charge is 0.349 e. The first-order valence-electron chi connectivity index (χ1n) is 5.58. The van der Waals surface area contributed by atoms with E-state index in [0.717, 1.165) is 19.3 Å². The first-order chi connectivity index (χ1) is 8.16. The Morgan fingerprint density at radius 2 is 2.24 bits per heavy atom. The molecule has 1 aromatic rings. The van der Waals surface area contributed by atoms with Gasteiger partial charge in [0.15, 0.2) is 0 Å². The number of halogens is 2. The zero-order valence-corrected chi connectivity index (χ0v) is 10.8. The molecule has 90 valence electrons. The van der Waals surface area contributed by atoms with Gasteiger partial charge in [-0.25, -0.2) is 4.39 Å². The van der Waals surface area contributed by atoms with E-state index in [2.05, 4.69) is 33.4 Å². The number of benzene rings is 1. The van der Waals surface area contributed by atoms with Gasteiger partial charge in [0.2, 0.25) is 0 Å². The molecule has 0 heterocycles. The molecular formula is C13H13BrFNO. The van der Waals surface area contributed by atoms with E-state index in [1.807, 2.05) is 0 Å². The van der Waals surface area contributed by atoms with Crippen molar-refractivity contribution in [3.05, 3.63) is 46.2 Å². The summed E-state index contributed by atoms with van der Waals surface area (Å²) in [5.74, 6) is -0.627. The van der Waals surface area contributed by atoms with E-state index in [1.54, 1.807) is 12.1 Å². The predicted octanol–water partition coefficient (Wildman–Crippen LogP) is 3.43. The van der Waals surface area contributed by atoms with E-state index in [4.69, 9.17) is 0 Å². The fraction of sp³-hybridized carbons (Fsp3) is 0.308. The fourth-order valence-corrected chi connectivity index (χ4v) is 2.08. The minimum atomic E-state index is -0.416. The third kappa shape index (κ3) is 3.16. The molecule has 0 bridgehead atoms.